The standard InChI is InChI=1S/C33H34FN5O5S/c1-19-14-37(18-35-19)25-12-7-22(13-26(25)43-6)28-20(2)27-29(40)39(24-10-8-23(34)9-11-24)31(41)38(30(27)45-28)17-21-15-36(16-21)32(42)44-33(3,4)5/h7-14,18,21H,15-17H2,1-6H3. The van der Waals surface area contributed by atoms with E-state index in [1.54, 1.807) is 22.9 Å². The Balaban J connectivity index is 1.45. The zero-order valence-electron chi connectivity index (χ0n) is 26.0. The maximum Gasteiger partial charge on any atom is 0.410 e. The number of imidazole rings is 1. The van der Waals surface area contributed by atoms with E-state index in [-0.39, 0.29) is 18.2 Å². The van der Waals surface area contributed by atoms with Gasteiger partial charge in [-0.1, -0.05) is 6.07 Å². The highest BCUT2D eigenvalue weighted by molar-refractivity contribution is 7.22. The number of fused-ring (bicyclic) bond motifs is 1. The van der Waals surface area contributed by atoms with Crippen molar-refractivity contribution >= 4 is 27.6 Å². The molecule has 234 valence electrons. The van der Waals surface area contributed by atoms with E-state index >= 15 is 0 Å². The molecule has 45 heavy (non-hydrogen) atoms. The molecule has 4 heterocycles. The van der Waals surface area contributed by atoms with Crippen molar-refractivity contribution in [1.29, 1.82) is 0 Å². The molecule has 0 atom stereocenters. The lowest BCUT2D eigenvalue weighted by Crippen LogP contribution is -2.54. The van der Waals surface area contributed by atoms with Gasteiger partial charge < -0.3 is 18.9 Å². The van der Waals surface area contributed by atoms with Gasteiger partial charge in [-0.25, -0.2) is 23.5 Å². The molecule has 0 bridgehead atoms. The lowest BCUT2D eigenvalue weighted by molar-refractivity contribution is -0.00333. The van der Waals surface area contributed by atoms with E-state index in [1.807, 2.05) is 63.6 Å². The first kappa shape index (κ1) is 30.3. The predicted molar refractivity (Wildman–Crippen MR) is 172 cm³/mol. The summed E-state index contributed by atoms with van der Waals surface area (Å²) in [4.78, 5) is 47.9. The van der Waals surface area contributed by atoms with Crippen molar-refractivity contribution in [2.75, 3.05) is 20.2 Å². The molecular weight excluding hydrogens is 597 g/mol. The molecule has 12 heteroatoms. The molecule has 1 aliphatic rings. The number of amides is 1. The number of benzene rings is 2. The summed E-state index contributed by atoms with van der Waals surface area (Å²) in [6.45, 7) is 10.4. The van der Waals surface area contributed by atoms with Gasteiger partial charge in [0.1, 0.15) is 22.0 Å². The van der Waals surface area contributed by atoms with Crippen LogP contribution in [0.3, 0.4) is 0 Å². The molecule has 0 unspecified atom stereocenters. The van der Waals surface area contributed by atoms with Crippen molar-refractivity contribution in [3.8, 4) is 27.6 Å². The molecule has 0 spiro atoms. The van der Waals surface area contributed by atoms with E-state index in [4.69, 9.17) is 9.47 Å². The van der Waals surface area contributed by atoms with Crippen molar-refractivity contribution < 1.29 is 18.7 Å². The average molecular weight is 632 g/mol. The predicted octanol–water partition coefficient (Wildman–Crippen LogP) is 5.70. The normalized spacial score (nSPS) is 13.7. The fraction of sp³-hybridized carbons (Fsp3) is 0.333. The number of methoxy groups -OCH3 is 1. The molecule has 10 nitrogen and oxygen atoms in total. The first-order valence-corrected chi connectivity index (χ1v) is 15.4. The summed E-state index contributed by atoms with van der Waals surface area (Å²) in [6, 6.07) is 11.1. The van der Waals surface area contributed by atoms with E-state index in [0.29, 0.717) is 29.1 Å². The van der Waals surface area contributed by atoms with Crippen LogP contribution in [0, 0.1) is 25.6 Å². The minimum atomic E-state index is -0.612. The fourth-order valence-electron chi connectivity index (χ4n) is 5.60. The maximum atomic E-state index is 14.0. The molecule has 5 aromatic rings. The number of ether oxygens (including phenoxy) is 2. The number of halogens is 1. The Morgan fingerprint density at radius 1 is 1.09 bits per heavy atom. The van der Waals surface area contributed by atoms with Gasteiger partial charge in [-0.05, 0) is 82.1 Å². The van der Waals surface area contributed by atoms with Gasteiger partial charge >= 0.3 is 11.8 Å². The van der Waals surface area contributed by atoms with Gasteiger partial charge in [0, 0.05) is 36.6 Å². The van der Waals surface area contributed by atoms with Crippen LogP contribution >= 0.6 is 11.3 Å². The lowest BCUT2D eigenvalue weighted by atomic mass is 10.0. The maximum absolute atomic E-state index is 14.0. The van der Waals surface area contributed by atoms with E-state index < -0.39 is 28.8 Å². The summed E-state index contributed by atoms with van der Waals surface area (Å²) in [5, 5.41) is 0.413. The second-order valence-corrected chi connectivity index (χ2v) is 13.3. The number of aryl methyl sites for hydroxylation is 2. The third-order valence-corrected chi connectivity index (χ3v) is 9.14. The van der Waals surface area contributed by atoms with Crippen molar-refractivity contribution in [3.63, 3.8) is 0 Å². The molecule has 6 rings (SSSR count). The van der Waals surface area contributed by atoms with E-state index in [0.717, 1.165) is 32.0 Å². The van der Waals surface area contributed by atoms with Crippen LogP contribution in [0.2, 0.25) is 0 Å². The quantitative estimate of drug-likeness (QED) is 0.239. The first-order chi connectivity index (χ1) is 21.3. The summed E-state index contributed by atoms with van der Waals surface area (Å²) in [6.07, 6.45) is 3.23. The van der Waals surface area contributed by atoms with Crippen LogP contribution in [0.5, 0.6) is 5.75 Å². The molecule has 3 aromatic heterocycles. The second kappa shape index (κ2) is 11.3. The monoisotopic (exact) mass is 631 g/mol. The van der Waals surface area contributed by atoms with Gasteiger partial charge in [0.2, 0.25) is 0 Å². The molecule has 1 saturated heterocycles. The number of nitrogens with zero attached hydrogens (tertiary/aromatic N) is 5. The SMILES string of the molecule is COc1cc(-c2sc3c(c2C)c(=O)n(-c2ccc(F)cc2)c(=O)n3CC2CN(C(=O)OC(C)(C)C)C2)ccc1-n1cnc(C)c1. The molecule has 1 amide bonds. The minimum Gasteiger partial charge on any atom is -0.495 e. The van der Waals surface area contributed by atoms with Crippen molar-refractivity contribution in [3.05, 3.63) is 92.9 Å². The van der Waals surface area contributed by atoms with Gasteiger partial charge in [-0.3, -0.25) is 9.36 Å². The largest absolute Gasteiger partial charge is 0.495 e. The first-order valence-electron chi connectivity index (χ1n) is 14.6. The highest BCUT2D eigenvalue weighted by Crippen LogP contribution is 2.39. The molecular formula is C33H34FN5O5S. The van der Waals surface area contributed by atoms with Crippen LogP contribution < -0.4 is 16.0 Å². The van der Waals surface area contributed by atoms with Crippen molar-refractivity contribution in [2.24, 2.45) is 5.92 Å². The summed E-state index contributed by atoms with van der Waals surface area (Å²) < 4.78 is 29.6. The highest BCUT2D eigenvalue weighted by atomic mass is 32.1. The van der Waals surface area contributed by atoms with Gasteiger partial charge in [0.15, 0.2) is 0 Å². The number of hydrogen-bond acceptors (Lipinski definition) is 7. The number of likely N-dealkylation sites (tertiary alicyclic amines) is 1. The van der Waals surface area contributed by atoms with Crippen LogP contribution in [0.1, 0.15) is 32.0 Å². The number of thiophene rings is 1. The Hall–Kier alpha value is -4.71. The number of carbonyl (C=O) groups excluding carboxylic acids is 1. The summed E-state index contributed by atoms with van der Waals surface area (Å²) >= 11 is 1.36. The Morgan fingerprint density at radius 3 is 2.42 bits per heavy atom. The van der Waals surface area contributed by atoms with Gasteiger partial charge in [0.25, 0.3) is 5.56 Å². The van der Waals surface area contributed by atoms with Crippen LogP contribution in [-0.4, -0.2) is 55.5 Å². The number of aromatic nitrogens is 4. The minimum absolute atomic E-state index is 0.0264. The molecule has 0 saturated carbocycles. The van der Waals surface area contributed by atoms with E-state index in [1.165, 1.54) is 35.6 Å². The summed E-state index contributed by atoms with van der Waals surface area (Å²) in [5.41, 5.74) is 1.91. The van der Waals surface area contributed by atoms with Crippen LogP contribution in [-0.2, 0) is 11.3 Å². The molecule has 1 aliphatic heterocycles. The summed E-state index contributed by atoms with van der Waals surface area (Å²) in [5.74, 6) is 0.128. The Kier molecular flexibility index (Phi) is 7.64. The van der Waals surface area contributed by atoms with Crippen LogP contribution in [0.4, 0.5) is 9.18 Å². The third-order valence-electron chi connectivity index (χ3n) is 7.78. The molecule has 0 aliphatic carbocycles. The number of hydrogen-bond donors (Lipinski definition) is 0. The van der Waals surface area contributed by atoms with E-state index in [2.05, 4.69) is 4.98 Å². The van der Waals surface area contributed by atoms with Gasteiger partial charge in [-0.15, -0.1) is 11.3 Å². The molecule has 2 aromatic carbocycles. The van der Waals surface area contributed by atoms with E-state index in [9.17, 15) is 18.8 Å². The van der Waals surface area contributed by atoms with Crippen molar-refractivity contribution in [1.82, 2.24) is 23.6 Å². The fourth-order valence-corrected chi connectivity index (χ4v) is 6.90. The van der Waals surface area contributed by atoms with Crippen LogP contribution in [0.25, 0.3) is 32.0 Å². The molecule has 0 radical (unpaired) electrons. The highest BCUT2D eigenvalue weighted by Gasteiger charge is 2.35. The zero-order valence-corrected chi connectivity index (χ0v) is 26.8. The Bertz CT molecular complexity index is 2050. The smallest absolute Gasteiger partial charge is 0.410 e. The summed E-state index contributed by atoms with van der Waals surface area (Å²) in [7, 11) is 1.60. The van der Waals surface area contributed by atoms with Crippen molar-refractivity contribution in [2.45, 2.75) is 46.8 Å². The van der Waals surface area contributed by atoms with Crippen LogP contribution in [0.15, 0.2) is 64.6 Å². The molecule has 1 fully saturated rings. The number of rotatable bonds is 6. The molecule has 0 N–H and O–H groups in total. The number of carbonyl (C=O) groups is 1. The topological polar surface area (TPSA) is 101 Å². The Labute approximate surface area is 262 Å². The average Bonchev–Trinajstić information content (AvgIpc) is 3.54. The van der Waals surface area contributed by atoms with Gasteiger partial charge in [0.05, 0.1) is 35.9 Å². The van der Waals surface area contributed by atoms with Gasteiger partial charge in [-0.2, -0.15) is 0 Å². The second-order valence-electron chi connectivity index (χ2n) is 12.3. The Morgan fingerprint density at radius 2 is 1.80 bits per heavy atom. The zero-order chi connectivity index (χ0) is 32.2. The lowest BCUT2D eigenvalue weighted by Gasteiger charge is -2.40. The third kappa shape index (κ3) is 5.66.